The van der Waals surface area contributed by atoms with E-state index in [9.17, 15) is 18.0 Å². The molecule has 0 aliphatic carbocycles. The average molecular weight is 621 g/mol. The molecule has 4 rings (SSSR count). The fourth-order valence-corrected chi connectivity index (χ4v) is 5.84. The number of rotatable bonds is 11. The molecule has 1 atom stereocenters. The smallest absolute Gasteiger partial charge is 0.244 e. The lowest BCUT2D eigenvalue weighted by Crippen LogP contribution is -2.53. The van der Waals surface area contributed by atoms with Gasteiger partial charge in [-0.1, -0.05) is 59.6 Å². The van der Waals surface area contributed by atoms with Gasteiger partial charge < -0.3 is 19.7 Å². The van der Waals surface area contributed by atoms with E-state index in [1.165, 1.54) is 18.9 Å². The van der Waals surface area contributed by atoms with Crippen LogP contribution in [0, 0.1) is 0 Å². The minimum atomic E-state index is -3.91. The van der Waals surface area contributed by atoms with Crippen LogP contribution in [0.3, 0.4) is 0 Å². The molecule has 1 N–H and O–H groups in total. The second kappa shape index (κ2) is 13.5. The van der Waals surface area contributed by atoms with Crippen molar-refractivity contribution in [2.24, 2.45) is 0 Å². The Morgan fingerprint density at radius 2 is 1.63 bits per heavy atom. The Labute approximate surface area is 250 Å². The average Bonchev–Trinajstić information content (AvgIpc) is 2.99. The van der Waals surface area contributed by atoms with Crippen LogP contribution >= 0.6 is 23.2 Å². The molecule has 0 saturated heterocycles. The molecule has 1 aliphatic rings. The van der Waals surface area contributed by atoms with E-state index in [0.29, 0.717) is 40.3 Å². The van der Waals surface area contributed by atoms with Crippen LogP contribution in [0.25, 0.3) is 0 Å². The zero-order valence-electron chi connectivity index (χ0n) is 22.7. The van der Waals surface area contributed by atoms with Crippen molar-refractivity contribution in [3.8, 4) is 11.5 Å². The third-order valence-electron chi connectivity index (χ3n) is 6.65. The summed E-state index contributed by atoms with van der Waals surface area (Å²) < 4.78 is 38.8. The summed E-state index contributed by atoms with van der Waals surface area (Å²) in [6, 6.07) is 18.0. The fourth-order valence-electron chi connectivity index (χ4n) is 4.46. The topological polar surface area (TPSA) is 105 Å². The highest BCUT2D eigenvalue weighted by Gasteiger charge is 2.33. The van der Waals surface area contributed by atoms with Gasteiger partial charge in [0.25, 0.3) is 0 Å². The third kappa shape index (κ3) is 7.44. The molecule has 0 aromatic heterocycles. The van der Waals surface area contributed by atoms with E-state index in [-0.39, 0.29) is 24.4 Å². The summed E-state index contributed by atoms with van der Waals surface area (Å²) in [6.45, 7) is 1.65. The highest BCUT2D eigenvalue weighted by Crippen LogP contribution is 2.35. The van der Waals surface area contributed by atoms with Gasteiger partial charge in [0.05, 0.1) is 21.5 Å². The van der Waals surface area contributed by atoms with Gasteiger partial charge in [0.1, 0.15) is 25.8 Å². The van der Waals surface area contributed by atoms with Crippen LogP contribution in [0.4, 0.5) is 5.69 Å². The fraction of sp³-hybridized carbons (Fsp3) is 0.310. The van der Waals surface area contributed by atoms with E-state index in [1.54, 1.807) is 36.4 Å². The lowest BCUT2D eigenvalue weighted by atomic mass is 10.0. The van der Waals surface area contributed by atoms with Crippen LogP contribution in [0.1, 0.15) is 18.1 Å². The molecule has 0 fully saturated rings. The Morgan fingerprint density at radius 1 is 0.927 bits per heavy atom. The Hall–Kier alpha value is -3.47. The van der Waals surface area contributed by atoms with Crippen molar-refractivity contribution >= 4 is 50.7 Å². The molecule has 41 heavy (non-hydrogen) atoms. The summed E-state index contributed by atoms with van der Waals surface area (Å²) in [5.41, 5.74) is 1.70. The Kier molecular flexibility index (Phi) is 10.0. The van der Waals surface area contributed by atoms with E-state index in [0.717, 1.165) is 9.87 Å². The van der Waals surface area contributed by atoms with Crippen LogP contribution in [0.2, 0.25) is 10.0 Å². The van der Waals surface area contributed by atoms with Crippen LogP contribution in [0.5, 0.6) is 11.5 Å². The minimum absolute atomic E-state index is 0.0121. The van der Waals surface area contributed by atoms with Gasteiger partial charge in [-0.3, -0.25) is 13.9 Å². The van der Waals surface area contributed by atoms with Crippen LogP contribution in [-0.4, -0.2) is 63.7 Å². The highest BCUT2D eigenvalue weighted by molar-refractivity contribution is 7.92. The molecule has 0 saturated carbocycles. The number of sulfonamides is 1. The number of benzene rings is 3. The summed E-state index contributed by atoms with van der Waals surface area (Å²) in [5, 5.41) is 3.29. The van der Waals surface area contributed by atoms with Crippen molar-refractivity contribution < 1.29 is 27.5 Å². The molecule has 1 heterocycles. The van der Waals surface area contributed by atoms with Gasteiger partial charge in [-0.05, 0) is 42.3 Å². The molecule has 0 radical (unpaired) electrons. The SMILES string of the molecule is CCS(=O)(=O)N(CC(=O)N(Cc1ccc(Cl)c(Cl)c1)[C@@H](Cc1ccccc1)C(=O)NC)c1ccc2c(c1)OCCO2. The Morgan fingerprint density at radius 3 is 2.29 bits per heavy atom. The number of ether oxygens (including phenoxy) is 2. The predicted octanol–water partition coefficient (Wildman–Crippen LogP) is 4.31. The number of likely N-dealkylation sites (N-methyl/N-ethyl adjacent to an activating group) is 1. The molecule has 0 spiro atoms. The number of hydrogen-bond acceptors (Lipinski definition) is 6. The molecule has 3 aromatic rings. The number of amides is 2. The quantitative estimate of drug-likeness (QED) is 0.343. The van der Waals surface area contributed by atoms with Crippen molar-refractivity contribution in [3.05, 3.63) is 87.9 Å². The zero-order valence-corrected chi connectivity index (χ0v) is 25.0. The van der Waals surface area contributed by atoms with E-state index < -0.39 is 34.4 Å². The van der Waals surface area contributed by atoms with Crippen molar-refractivity contribution in [3.63, 3.8) is 0 Å². The normalized spacial score (nSPS) is 13.3. The first-order chi connectivity index (χ1) is 19.6. The van der Waals surface area contributed by atoms with Gasteiger partial charge in [0, 0.05) is 26.1 Å². The van der Waals surface area contributed by atoms with Crippen molar-refractivity contribution in [1.29, 1.82) is 0 Å². The number of hydrogen-bond donors (Lipinski definition) is 1. The number of fused-ring (bicyclic) bond motifs is 1. The standard InChI is InChI=1S/C29H31Cl2N3O6S/c1-3-41(37,38)34(22-10-12-26-27(17-22)40-14-13-39-26)19-28(35)33(18-21-9-11-23(30)24(31)15-21)25(29(36)32-2)16-20-7-5-4-6-8-20/h4-12,15,17,25H,3,13-14,16,18-19H2,1-2H3,(H,32,36)/t25-/m0/s1. The predicted molar refractivity (Wildman–Crippen MR) is 159 cm³/mol. The number of anilines is 1. The summed E-state index contributed by atoms with van der Waals surface area (Å²) >= 11 is 12.4. The van der Waals surface area contributed by atoms with Gasteiger partial charge >= 0.3 is 0 Å². The van der Waals surface area contributed by atoms with Gasteiger partial charge in [0.15, 0.2) is 11.5 Å². The third-order valence-corrected chi connectivity index (χ3v) is 9.13. The molecule has 2 amide bonds. The monoisotopic (exact) mass is 619 g/mol. The number of nitrogens with one attached hydrogen (secondary N) is 1. The van der Waals surface area contributed by atoms with Crippen LogP contribution < -0.4 is 19.1 Å². The minimum Gasteiger partial charge on any atom is -0.486 e. The lowest BCUT2D eigenvalue weighted by Gasteiger charge is -2.33. The zero-order chi connectivity index (χ0) is 29.6. The van der Waals surface area contributed by atoms with Gasteiger partial charge in [-0.2, -0.15) is 0 Å². The number of carbonyl (C=O) groups is 2. The maximum Gasteiger partial charge on any atom is 0.244 e. The Balaban J connectivity index is 1.74. The second-order valence-corrected chi connectivity index (χ2v) is 12.3. The first-order valence-electron chi connectivity index (χ1n) is 13.0. The number of nitrogens with zero attached hydrogens (tertiary/aromatic N) is 2. The van der Waals surface area contributed by atoms with E-state index in [4.69, 9.17) is 32.7 Å². The van der Waals surface area contributed by atoms with Crippen LogP contribution in [-0.2, 0) is 32.6 Å². The summed E-state index contributed by atoms with van der Waals surface area (Å²) in [5.74, 6) is -0.342. The molecule has 9 nitrogen and oxygen atoms in total. The molecule has 1 aliphatic heterocycles. The summed E-state index contributed by atoms with van der Waals surface area (Å²) in [7, 11) is -2.42. The molecular weight excluding hydrogens is 589 g/mol. The molecule has 0 unspecified atom stereocenters. The highest BCUT2D eigenvalue weighted by atomic mass is 35.5. The molecular formula is C29H31Cl2N3O6S. The van der Waals surface area contributed by atoms with Crippen molar-refractivity contribution in [2.75, 3.05) is 36.9 Å². The summed E-state index contributed by atoms with van der Waals surface area (Å²) in [6.07, 6.45) is 0.206. The van der Waals surface area contributed by atoms with Gasteiger partial charge in [0.2, 0.25) is 21.8 Å². The molecule has 12 heteroatoms. The van der Waals surface area contributed by atoms with E-state index in [2.05, 4.69) is 5.32 Å². The first-order valence-corrected chi connectivity index (χ1v) is 15.4. The van der Waals surface area contributed by atoms with Gasteiger partial charge in [-0.15, -0.1) is 0 Å². The lowest BCUT2D eigenvalue weighted by molar-refractivity contribution is -0.139. The van der Waals surface area contributed by atoms with Crippen molar-refractivity contribution in [2.45, 2.75) is 25.9 Å². The summed E-state index contributed by atoms with van der Waals surface area (Å²) in [4.78, 5) is 28.7. The van der Waals surface area contributed by atoms with E-state index >= 15 is 0 Å². The first kappa shape index (κ1) is 30.5. The second-order valence-electron chi connectivity index (χ2n) is 9.33. The Bertz CT molecular complexity index is 1500. The van der Waals surface area contributed by atoms with Crippen LogP contribution in [0.15, 0.2) is 66.7 Å². The molecule has 3 aromatic carbocycles. The van der Waals surface area contributed by atoms with Crippen molar-refractivity contribution in [1.82, 2.24) is 10.2 Å². The largest absolute Gasteiger partial charge is 0.486 e. The van der Waals surface area contributed by atoms with Gasteiger partial charge in [-0.25, -0.2) is 8.42 Å². The molecule has 0 bridgehead atoms. The maximum absolute atomic E-state index is 14.1. The number of halogens is 2. The molecule has 218 valence electrons. The number of carbonyl (C=O) groups excluding carboxylic acids is 2. The van der Waals surface area contributed by atoms with E-state index in [1.807, 2.05) is 30.3 Å². The maximum atomic E-state index is 14.1.